The summed E-state index contributed by atoms with van der Waals surface area (Å²) in [7, 11) is 0. The highest BCUT2D eigenvalue weighted by molar-refractivity contribution is 7.13. The molecule has 1 atom stereocenters. The summed E-state index contributed by atoms with van der Waals surface area (Å²) in [6, 6.07) is 3.53. The van der Waals surface area contributed by atoms with Crippen LogP contribution in [0, 0.1) is 6.92 Å². The molecule has 2 N–H and O–H groups in total. The topological polar surface area (TPSA) is 89.2 Å². The van der Waals surface area contributed by atoms with Crippen LogP contribution < -0.4 is 5.73 Å². The Morgan fingerprint density at radius 1 is 1.26 bits per heavy atom. The van der Waals surface area contributed by atoms with E-state index in [-0.39, 0.29) is 11.9 Å². The van der Waals surface area contributed by atoms with Crippen molar-refractivity contribution in [2.24, 2.45) is 5.73 Å². The van der Waals surface area contributed by atoms with Crippen molar-refractivity contribution in [2.75, 3.05) is 6.54 Å². The van der Waals surface area contributed by atoms with Crippen molar-refractivity contribution in [2.45, 2.75) is 32.2 Å². The number of hydrogen-bond acceptors (Lipinski definition) is 5. The van der Waals surface area contributed by atoms with Gasteiger partial charge in [0.05, 0.1) is 17.8 Å². The van der Waals surface area contributed by atoms with Gasteiger partial charge in [0.2, 0.25) is 0 Å². The molecule has 0 spiro atoms. The molecule has 2 aromatic rings. The van der Waals surface area contributed by atoms with Crippen LogP contribution >= 0.6 is 11.3 Å². The first kappa shape index (κ1) is 15.6. The number of hydrogen-bond donors (Lipinski definition) is 1. The molecule has 1 aliphatic rings. The molecule has 1 aliphatic heterocycles. The number of carbonyl (C=O) groups excluding carboxylic acids is 2. The van der Waals surface area contributed by atoms with Crippen LogP contribution in [0.1, 0.15) is 56.0 Å². The number of likely N-dealkylation sites (tertiary alicyclic amines) is 1. The second-order valence-electron chi connectivity index (χ2n) is 5.63. The quantitative estimate of drug-likeness (QED) is 0.935. The summed E-state index contributed by atoms with van der Waals surface area (Å²) in [5.74, 6) is -0.525. The molecule has 3 rings (SSSR count). The molecule has 0 saturated carbocycles. The SMILES string of the molecule is Cc1ccc(C(=O)N2CCCCC2c2ncc(C(N)=O)s2)cn1. The van der Waals surface area contributed by atoms with E-state index in [0.29, 0.717) is 17.0 Å². The minimum absolute atomic E-state index is 0.0435. The number of carbonyl (C=O) groups is 2. The molecule has 2 aromatic heterocycles. The van der Waals surface area contributed by atoms with Gasteiger partial charge in [0.15, 0.2) is 0 Å². The number of pyridine rings is 1. The van der Waals surface area contributed by atoms with E-state index in [4.69, 9.17) is 5.73 Å². The zero-order valence-electron chi connectivity index (χ0n) is 12.9. The van der Waals surface area contributed by atoms with Gasteiger partial charge in [-0.25, -0.2) is 4.98 Å². The molecule has 6 nitrogen and oxygen atoms in total. The van der Waals surface area contributed by atoms with Crippen molar-refractivity contribution in [3.63, 3.8) is 0 Å². The Bertz CT molecular complexity index is 726. The number of aryl methyl sites for hydroxylation is 1. The van der Waals surface area contributed by atoms with Crippen molar-refractivity contribution in [1.82, 2.24) is 14.9 Å². The predicted octanol–water partition coefficient (Wildman–Crippen LogP) is 2.31. The summed E-state index contributed by atoms with van der Waals surface area (Å²) in [6.07, 6.45) is 5.95. The third kappa shape index (κ3) is 3.24. The number of aromatic nitrogens is 2. The van der Waals surface area contributed by atoms with Crippen molar-refractivity contribution < 1.29 is 9.59 Å². The first-order valence-electron chi connectivity index (χ1n) is 7.55. The summed E-state index contributed by atoms with van der Waals surface area (Å²) in [5, 5.41) is 0.770. The summed E-state index contributed by atoms with van der Waals surface area (Å²) in [5.41, 5.74) is 6.75. The van der Waals surface area contributed by atoms with Gasteiger partial charge in [-0.1, -0.05) is 0 Å². The third-order valence-electron chi connectivity index (χ3n) is 3.97. The van der Waals surface area contributed by atoms with Crippen LogP contribution in [0.2, 0.25) is 0 Å². The number of piperidine rings is 1. The van der Waals surface area contributed by atoms with Gasteiger partial charge in [-0.05, 0) is 38.3 Å². The highest BCUT2D eigenvalue weighted by Gasteiger charge is 2.31. The number of primary amides is 1. The van der Waals surface area contributed by atoms with Gasteiger partial charge in [-0.3, -0.25) is 14.6 Å². The fourth-order valence-electron chi connectivity index (χ4n) is 2.75. The maximum absolute atomic E-state index is 12.8. The zero-order chi connectivity index (χ0) is 16.4. The lowest BCUT2D eigenvalue weighted by Gasteiger charge is -2.34. The average Bonchev–Trinajstić information content (AvgIpc) is 3.05. The Hall–Kier alpha value is -2.28. The van der Waals surface area contributed by atoms with E-state index in [1.165, 1.54) is 17.5 Å². The smallest absolute Gasteiger partial charge is 0.260 e. The molecule has 1 saturated heterocycles. The maximum Gasteiger partial charge on any atom is 0.260 e. The lowest BCUT2D eigenvalue weighted by Crippen LogP contribution is -2.38. The zero-order valence-corrected chi connectivity index (χ0v) is 13.7. The fourth-order valence-corrected chi connectivity index (χ4v) is 3.66. The van der Waals surface area contributed by atoms with Crippen LogP contribution in [0.15, 0.2) is 24.5 Å². The predicted molar refractivity (Wildman–Crippen MR) is 87.2 cm³/mol. The summed E-state index contributed by atoms with van der Waals surface area (Å²) in [6.45, 7) is 2.57. The average molecular weight is 330 g/mol. The second-order valence-corrected chi connectivity index (χ2v) is 6.69. The first-order valence-corrected chi connectivity index (χ1v) is 8.37. The number of amides is 2. The highest BCUT2D eigenvalue weighted by atomic mass is 32.1. The van der Waals surface area contributed by atoms with Crippen LogP contribution in [0.3, 0.4) is 0 Å². The number of rotatable bonds is 3. The Kier molecular flexibility index (Phi) is 4.38. The lowest BCUT2D eigenvalue weighted by atomic mass is 10.0. The van der Waals surface area contributed by atoms with E-state index in [1.54, 1.807) is 12.3 Å². The monoisotopic (exact) mass is 330 g/mol. The van der Waals surface area contributed by atoms with Gasteiger partial charge < -0.3 is 10.6 Å². The molecule has 7 heteroatoms. The highest BCUT2D eigenvalue weighted by Crippen LogP contribution is 2.34. The first-order chi connectivity index (χ1) is 11.1. The third-order valence-corrected chi connectivity index (χ3v) is 5.09. The van der Waals surface area contributed by atoms with Crippen molar-refractivity contribution in [1.29, 1.82) is 0 Å². The van der Waals surface area contributed by atoms with Gasteiger partial charge in [0, 0.05) is 18.4 Å². The van der Waals surface area contributed by atoms with Crippen LogP contribution in [0.25, 0.3) is 0 Å². The second kappa shape index (κ2) is 6.45. The lowest BCUT2D eigenvalue weighted by molar-refractivity contribution is 0.0610. The molecule has 1 unspecified atom stereocenters. The summed E-state index contributed by atoms with van der Waals surface area (Å²) < 4.78 is 0. The van der Waals surface area contributed by atoms with Crippen molar-refractivity contribution in [3.8, 4) is 0 Å². The van der Waals surface area contributed by atoms with E-state index < -0.39 is 5.91 Å². The van der Waals surface area contributed by atoms with Gasteiger partial charge in [0.25, 0.3) is 11.8 Å². The molecule has 1 fully saturated rings. The Labute approximate surface area is 138 Å². The van der Waals surface area contributed by atoms with Crippen molar-refractivity contribution in [3.05, 3.63) is 45.7 Å². The van der Waals surface area contributed by atoms with Crippen LogP contribution in [0.4, 0.5) is 0 Å². The van der Waals surface area contributed by atoms with Gasteiger partial charge >= 0.3 is 0 Å². The van der Waals surface area contributed by atoms with Crippen molar-refractivity contribution >= 4 is 23.2 Å². The van der Waals surface area contributed by atoms with E-state index in [0.717, 1.165) is 30.0 Å². The normalized spacial score (nSPS) is 18.0. The summed E-state index contributed by atoms with van der Waals surface area (Å²) >= 11 is 1.27. The van der Waals surface area contributed by atoms with Gasteiger partial charge in [-0.2, -0.15) is 0 Å². The maximum atomic E-state index is 12.8. The molecule has 0 aliphatic carbocycles. The van der Waals surface area contributed by atoms with Crippen LogP contribution in [-0.2, 0) is 0 Å². The molecule has 0 bridgehead atoms. The van der Waals surface area contributed by atoms with E-state index in [2.05, 4.69) is 9.97 Å². The Balaban J connectivity index is 1.87. The van der Waals surface area contributed by atoms with Crippen LogP contribution in [0.5, 0.6) is 0 Å². The largest absolute Gasteiger partial charge is 0.365 e. The van der Waals surface area contributed by atoms with Gasteiger partial charge in [-0.15, -0.1) is 11.3 Å². The van der Waals surface area contributed by atoms with Gasteiger partial charge in [0.1, 0.15) is 9.88 Å². The number of nitrogens with two attached hydrogens (primary N) is 1. The molecule has 0 radical (unpaired) electrons. The summed E-state index contributed by atoms with van der Waals surface area (Å²) in [4.78, 5) is 34.8. The fraction of sp³-hybridized carbons (Fsp3) is 0.375. The molecular formula is C16H18N4O2S. The molecule has 2 amide bonds. The molecule has 0 aromatic carbocycles. The minimum atomic E-state index is -0.481. The molecule has 3 heterocycles. The standard InChI is InChI=1S/C16H18N4O2S/c1-10-5-6-11(8-18-10)16(22)20-7-3-2-4-12(20)15-19-9-13(23-15)14(17)21/h5-6,8-9,12H,2-4,7H2,1H3,(H2,17,21). The molecule has 23 heavy (non-hydrogen) atoms. The Morgan fingerprint density at radius 3 is 2.74 bits per heavy atom. The van der Waals surface area contributed by atoms with E-state index >= 15 is 0 Å². The van der Waals surface area contributed by atoms with E-state index in [9.17, 15) is 9.59 Å². The molecular weight excluding hydrogens is 312 g/mol. The number of thiazole rings is 1. The Morgan fingerprint density at radius 2 is 2.09 bits per heavy atom. The van der Waals surface area contributed by atoms with E-state index in [1.807, 2.05) is 17.9 Å². The number of nitrogens with zero attached hydrogens (tertiary/aromatic N) is 3. The minimum Gasteiger partial charge on any atom is -0.365 e. The van der Waals surface area contributed by atoms with Crippen LogP contribution in [-0.4, -0.2) is 33.2 Å². The molecule has 120 valence electrons.